The Kier molecular flexibility index (Phi) is 5.54. The molecule has 2 amide bonds. The third-order valence-electron chi connectivity index (χ3n) is 3.05. The van der Waals surface area contributed by atoms with Crippen molar-refractivity contribution in [1.29, 1.82) is 0 Å². The standard InChI is InChI=1S/C17H15BrN2O3/c1-23-14-8-2-11(3-9-14)10-15(16(19)21)20-17(22)12-4-6-13(18)7-5-12/h2-10H,1H3,(H2,19,21)(H,20,22). The number of rotatable bonds is 5. The molecule has 3 N–H and O–H groups in total. The van der Waals surface area contributed by atoms with Crippen LogP contribution < -0.4 is 15.8 Å². The summed E-state index contributed by atoms with van der Waals surface area (Å²) in [7, 11) is 1.57. The van der Waals surface area contributed by atoms with E-state index in [0.717, 1.165) is 10.0 Å². The molecule has 6 heteroatoms. The van der Waals surface area contributed by atoms with Crippen molar-refractivity contribution in [2.75, 3.05) is 7.11 Å². The molecule has 118 valence electrons. The number of ether oxygens (including phenoxy) is 1. The molecule has 0 saturated carbocycles. The second kappa shape index (κ2) is 7.60. The predicted octanol–water partition coefficient (Wildman–Crippen LogP) is 2.71. The number of hydrogen-bond acceptors (Lipinski definition) is 3. The number of primary amides is 1. The second-order valence-corrected chi connectivity index (χ2v) is 5.57. The summed E-state index contributed by atoms with van der Waals surface area (Å²) in [5, 5.41) is 2.53. The number of amides is 2. The fraction of sp³-hybridized carbons (Fsp3) is 0.0588. The minimum Gasteiger partial charge on any atom is -0.497 e. The van der Waals surface area contributed by atoms with Crippen LogP contribution in [0, 0.1) is 0 Å². The minimum absolute atomic E-state index is 0.0167. The molecule has 5 nitrogen and oxygen atoms in total. The van der Waals surface area contributed by atoms with Crippen molar-refractivity contribution in [2.45, 2.75) is 0 Å². The molecule has 0 aromatic heterocycles. The lowest BCUT2D eigenvalue weighted by Crippen LogP contribution is -2.31. The summed E-state index contributed by atoms with van der Waals surface area (Å²) in [4.78, 5) is 23.7. The minimum atomic E-state index is -0.716. The van der Waals surface area contributed by atoms with Crippen LogP contribution in [-0.2, 0) is 4.79 Å². The van der Waals surface area contributed by atoms with Crippen LogP contribution in [0.3, 0.4) is 0 Å². The smallest absolute Gasteiger partial charge is 0.265 e. The quantitative estimate of drug-likeness (QED) is 0.789. The third-order valence-corrected chi connectivity index (χ3v) is 3.58. The van der Waals surface area contributed by atoms with Crippen LogP contribution in [0.25, 0.3) is 6.08 Å². The molecule has 0 bridgehead atoms. The highest BCUT2D eigenvalue weighted by atomic mass is 79.9. The van der Waals surface area contributed by atoms with Crippen molar-refractivity contribution in [3.8, 4) is 5.75 Å². The summed E-state index contributed by atoms with van der Waals surface area (Å²) in [5.41, 5.74) is 6.50. The first-order valence-electron chi connectivity index (χ1n) is 6.72. The summed E-state index contributed by atoms with van der Waals surface area (Å²) in [6, 6.07) is 13.8. The van der Waals surface area contributed by atoms with Crippen molar-refractivity contribution in [3.63, 3.8) is 0 Å². The molecule has 0 unspecified atom stereocenters. The molecule has 2 aromatic carbocycles. The first-order valence-corrected chi connectivity index (χ1v) is 7.51. The molecule has 0 aliphatic carbocycles. The predicted molar refractivity (Wildman–Crippen MR) is 91.8 cm³/mol. The van der Waals surface area contributed by atoms with Crippen molar-refractivity contribution in [1.82, 2.24) is 5.32 Å². The van der Waals surface area contributed by atoms with Crippen molar-refractivity contribution in [2.24, 2.45) is 5.73 Å². The lowest BCUT2D eigenvalue weighted by Gasteiger charge is -2.07. The Bertz CT molecular complexity index is 737. The molecular weight excluding hydrogens is 360 g/mol. The van der Waals surface area contributed by atoms with Gasteiger partial charge in [0.1, 0.15) is 11.4 Å². The SMILES string of the molecule is COc1ccc(C=C(NC(=O)c2ccc(Br)cc2)C(N)=O)cc1. The largest absolute Gasteiger partial charge is 0.497 e. The number of carbonyl (C=O) groups excluding carboxylic acids is 2. The number of hydrogen-bond donors (Lipinski definition) is 2. The Hall–Kier alpha value is -2.60. The Morgan fingerprint density at radius 3 is 2.22 bits per heavy atom. The lowest BCUT2D eigenvalue weighted by atomic mass is 10.1. The number of carbonyl (C=O) groups is 2. The van der Waals surface area contributed by atoms with E-state index in [4.69, 9.17) is 10.5 Å². The Morgan fingerprint density at radius 2 is 1.70 bits per heavy atom. The van der Waals surface area contributed by atoms with Gasteiger partial charge in [-0.25, -0.2) is 0 Å². The number of methoxy groups -OCH3 is 1. The summed E-state index contributed by atoms with van der Waals surface area (Å²) in [6.45, 7) is 0. The van der Waals surface area contributed by atoms with Crippen LogP contribution in [0.1, 0.15) is 15.9 Å². The highest BCUT2D eigenvalue weighted by Crippen LogP contribution is 2.14. The monoisotopic (exact) mass is 374 g/mol. The van der Waals surface area contributed by atoms with Crippen molar-refractivity contribution >= 4 is 33.8 Å². The van der Waals surface area contributed by atoms with Crippen LogP contribution in [-0.4, -0.2) is 18.9 Å². The first-order chi connectivity index (χ1) is 11.0. The number of nitrogens with two attached hydrogens (primary N) is 1. The average Bonchev–Trinajstić information content (AvgIpc) is 2.55. The maximum absolute atomic E-state index is 12.2. The summed E-state index contributed by atoms with van der Waals surface area (Å²) in [6.07, 6.45) is 1.51. The maximum Gasteiger partial charge on any atom is 0.265 e. The van der Waals surface area contributed by atoms with Crippen LogP contribution in [0.2, 0.25) is 0 Å². The molecule has 0 atom stereocenters. The van der Waals surface area contributed by atoms with Gasteiger partial charge < -0.3 is 15.8 Å². The highest BCUT2D eigenvalue weighted by Gasteiger charge is 2.12. The van der Waals surface area contributed by atoms with Crippen molar-refractivity contribution < 1.29 is 14.3 Å². The maximum atomic E-state index is 12.2. The van der Waals surface area contributed by atoms with Gasteiger partial charge in [0.15, 0.2) is 0 Å². The van der Waals surface area contributed by atoms with Crippen LogP contribution >= 0.6 is 15.9 Å². The van der Waals surface area contributed by atoms with Crippen LogP contribution in [0.15, 0.2) is 58.7 Å². The molecule has 0 saturated heterocycles. The number of halogens is 1. The molecule has 0 radical (unpaired) electrons. The van der Waals surface area contributed by atoms with Gasteiger partial charge in [0, 0.05) is 10.0 Å². The molecular formula is C17H15BrN2O3. The number of benzene rings is 2. The van der Waals surface area contributed by atoms with E-state index in [9.17, 15) is 9.59 Å². The van der Waals surface area contributed by atoms with E-state index in [1.807, 2.05) is 0 Å². The van der Waals surface area contributed by atoms with E-state index in [1.165, 1.54) is 6.08 Å². The van der Waals surface area contributed by atoms with Gasteiger partial charge in [0.2, 0.25) is 0 Å². The Morgan fingerprint density at radius 1 is 1.09 bits per heavy atom. The highest BCUT2D eigenvalue weighted by molar-refractivity contribution is 9.10. The molecule has 2 rings (SSSR count). The van der Waals surface area contributed by atoms with E-state index in [-0.39, 0.29) is 5.70 Å². The molecule has 0 fully saturated rings. The van der Waals surface area contributed by atoms with Gasteiger partial charge in [-0.05, 0) is 48.0 Å². The second-order valence-electron chi connectivity index (χ2n) is 4.66. The summed E-state index contributed by atoms with van der Waals surface area (Å²) in [5.74, 6) is -0.427. The van der Waals surface area contributed by atoms with E-state index < -0.39 is 11.8 Å². The van der Waals surface area contributed by atoms with E-state index in [1.54, 1.807) is 55.6 Å². The van der Waals surface area contributed by atoms with E-state index in [0.29, 0.717) is 11.3 Å². The van der Waals surface area contributed by atoms with Gasteiger partial charge >= 0.3 is 0 Å². The topological polar surface area (TPSA) is 81.4 Å². The van der Waals surface area contributed by atoms with Crippen LogP contribution in [0.4, 0.5) is 0 Å². The number of nitrogens with one attached hydrogen (secondary N) is 1. The van der Waals surface area contributed by atoms with Gasteiger partial charge in [-0.15, -0.1) is 0 Å². The fourth-order valence-electron chi connectivity index (χ4n) is 1.83. The molecule has 0 aliphatic heterocycles. The molecule has 2 aromatic rings. The summed E-state index contributed by atoms with van der Waals surface area (Å²) >= 11 is 3.30. The molecule has 23 heavy (non-hydrogen) atoms. The Labute approximate surface area is 142 Å². The first kappa shape index (κ1) is 16.8. The van der Waals surface area contributed by atoms with Crippen LogP contribution in [0.5, 0.6) is 5.75 Å². The van der Waals surface area contributed by atoms with Crippen molar-refractivity contribution in [3.05, 3.63) is 69.8 Å². The molecule has 0 spiro atoms. The zero-order chi connectivity index (χ0) is 16.8. The zero-order valence-corrected chi connectivity index (χ0v) is 14.0. The Balaban J connectivity index is 2.20. The van der Waals surface area contributed by atoms with E-state index in [2.05, 4.69) is 21.2 Å². The fourth-order valence-corrected chi connectivity index (χ4v) is 2.10. The van der Waals surface area contributed by atoms with Gasteiger partial charge in [-0.3, -0.25) is 9.59 Å². The van der Waals surface area contributed by atoms with Gasteiger partial charge in [0.25, 0.3) is 11.8 Å². The van der Waals surface area contributed by atoms with Gasteiger partial charge in [0.05, 0.1) is 7.11 Å². The van der Waals surface area contributed by atoms with Gasteiger partial charge in [-0.1, -0.05) is 28.1 Å². The van der Waals surface area contributed by atoms with Gasteiger partial charge in [-0.2, -0.15) is 0 Å². The normalized spacial score (nSPS) is 11.0. The van der Waals surface area contributed by atoms with E-state index >= 15 is 0 Å². The third kappa shape index (κ3) is 4.69. The summed E-state index contributed by atoms with van der Waals surface area (Å²) < 4.78 is 5.93. The average molecular weight is 375 g/mol. The zero-order valence-electron chi connectivity index (χ0n) is 12.4. The molecule has 0 heterocycles. The molecule has 0 aliphatic rings. The lowest BCUT2D eigenvalue weighted by molar-refractivity contribution is -0.114.